The van der Waals surface area contributed by atoms with Crippen LogP contribution in [0.4, 0.5) is 5.69 Å². The number of nitrogens with one attached hydrogen (secondary N) is 3. The highest BCUT2D eigenvalue weighted by atomic mass is 16.2. The Morgan fingerprint density at radius 1 is 1.23 bits per heavy atom. The Hall–Kier alpha value is -3.75. The van der Waals surface area contributed by atoms with Crippen molar-refractivity contribution in [2.45, 2.75) is 45.1 Å². The number of hydrogen-bond donors (Lipinski definition) is 3. The van der Waals surface area contributed by atoms with Crippen LogP contribution < -0.4 is 16.6 Å². The quantitative estimate of drug-likeness (QED) is 0.459. The molecule has 0 atom stereocenters. The van der Waals surface area contributed by atoms with Crippen molar-refractivity contribution >= 4 is 33.7 Å². The number of H-pyrrole nitrogens is 2. The topological polar surface area (TPSA) is 126 Å². The summed E-state index contributed by atoms with van der Waals surface area (Å²) in [6.07, 6.45) is 5.64. The second kappa shape index (κ2) is 7.50. The molecule has 0 bridgehead atoms. The fraction of sp³-hybridized carbons (Fsp3) is 0.318. The molecule has 1 aliphatic carbocycles. The lowest BCUT2D eigenvalue weighted by Gasteiger charge is -2.22. The third-order valence-electron chi connectivity index (χ3n) is 5.79. The molecule has 1 aliphatic rings. The summed E-state index contributed by atoms with van der Waals surface area (Å²) in [5.41, 5.74) is 1.81. The Bertz CT molecular complexity index is 1430. The van der Waals surface area contributed by atoms with Gasteiger partial charge in [0, 0.05) is 24.3 Å². The molecule has 9 heteroatoms. The number of amides is 1. The van der Waals surface area contributed by atoms with E-state index in [1.54, 1.807) is 6.07 Å². The van der Waals surface area contributed by atoms with E-state index in [1.807, 2.05) is 19.1 Å². The molecule has 158 valence electrons. The van der Waals surface area contributed by atoms with E-state index in [-0.39, 0.29) is 22.5 Å². The lowest BCUT2D eigenvalue weighted by molar-refractivity contribution is 0.102. The van der Waals surface area contributed by atoms with Gasteiger partial charge in [-0.15, -0.1) is 0 Å². The third kappa shape index (κ3) is 3.41. The van der Waals surface area contributed by atoms with Crippen LogP contribution in [0.15, 0.2) is 40.1 Å². The largest absolute Gasteiger partial charge is 0.342 e. The van der Waals surface area contributed by atoms with Crippen molar-refractivity contribution in [3.05, 3.63) is 62.7 Å². The zero-order valence-electron chi connectivity index (χ0n) is 17.1. The first kappa shape index (κ1) is 19.2. The number of aromatic nitrogens is 5. The summed E-state index contributed by atoms with van der Waals surface area (Å²) in [6, 6.07) is 6.98. The molecule has 0 spiro atoms. The highest BCUT2D eigenvalue weighted by molar-refractivity contribution is 6.06. The maximum absolute atomic E-state index is 12.8. The van der Waals surface area contributed by atoms with E-state index >= 15 is 0 Å². The fourth-order valence-corrected chi connectivity index (χ4v) is 3.91. The monoisotopic (exact) mass is 418 g/mol. The smallest absolute Gasteiger partial charge is 0.329 e. The van der Waals surface area contributed by atoms with Crippen LogP contribution in [0.25, 0.3) is 22.1 Å². The van der Waals surface area contributed by atoms with Gasteiger partial charge in [-0.3, -0.25) is 19.1 Å². The minimum atomic E-state index is -0.558. The zero-order chi connectivity index (χ0) is 21.5. The summed E-state index contributed by atoms with van der Waals surface area (Å²) >= 11 is 0. The average Bonchev–Trinajstić information content (AvgIpc) is 3.11. The van der Waals surface area contributed by atoms with Crippen LogP contribution in [-0.4, -0.2) is 30.4 Å². The minimum absolute atomic E-state index is 0.204. The standard InChI is InChI=1S/C22H22N6O3/c1-2-8-28-19-15(21(30)27-22(28)31)9-13(11-23-19)20(29)24-14-6-7-16-17(10-14)26-18(25-16)12-4-3-5-12/h6-7,9-12H,2-5,8H2,1H3,(H,24,29)(H,25,26)(H,27,30,31). The Balaban J connectivity index is 1.44. The normalized spacial score (nSPS) is 14.1. The molecular weight excluding hydrogens is 396 g/mol. The van der Waals surface area contributed by atoms with Gasteiger partial charge in [0.05, 0.1) is 22.0 Å². The van der Waals surface area contributed by atoms with Crippen LogP contribution in [0.1, 0.15) is 54.7 Å². The lowest BCUT2D eigenvalue weighted by atomic mass is 9.85. The van der Waals surface area contributed by atoms with E-state index in [9.17, 15) is 14.4 Å². The molecule has 1 fully saturated rings. The molecule has 1 saturated carbocycles. The Morgan fingerprint density at radius 2 is 2.06 bits per heavy atom. The summed E-state index contributed by atoms with van der Waals surface area (Å²) in [7, 11) is 0. The maximum atomic E-state index is 12.8. The van der Waals surface area contributed by atoms with E-state index in [0.29, 0.717) is 24.6 Å². The number of rotatable bonds is 5. The molecule has 0 radical (unpaired) electrons. The van der Waals surface area contributed by atoms with Gasteiger partial charge < -0.3 is 10.3 Å². The number of aryl methyl sites for hydroxylation is 1. The Labute approximate surface area is 176 Å². The van der Waals surface area contributed by atoms with E-state index in [0.717, 1.165) is 29.7 Å². The number of nitrogens with zero attached hydrogens (tertiary/aromatic N) is 3. The van der Waals surface area contributed by atoms with Crippen molar-refractivity contribution in [2.75, 3.05) is 5.32 Å². The second-order valence-corrected chi connectivity index (χ2v) is 7.94. The predicted molar refractivity (Wildman–Crippen MR) is 118 cm³/mol. The SMILES string of the molecule is CCCn1c(=O)[nH]c(=O)c2cc(C(=O)Nc3ccc4nc(C5CCC5)[nH]c4c3)cnc21. The van der Waals surface area contributed by atoms with Crippen molar-refractivity contribution in [1.82, 2.24) is 24.5 Å². The van der Waals surface area contributed by atoms with Gasteiger partial charge in [-0.05, 0) is 43.5 Å². The number of imidazole rings is 1. The molecule has 0 aliphatic heterocycles. The molecule has 3 aromatic heterocycles. The first-order valence-electron chi connectivity index (χ1n) is 10.5. The highest BCUT2D eigenvalue weighted by Gasteiger charge is 2.22. The third-order valence-corrected chi connectivity index (χ3v) is 5.79. The number of anilines is 1. The summed E-state index contributed by atoms with van der Waals surface area (Å²) in [5, 5.41) is 3.05. The zero-order valence-corrected chi connectivity index (χ0v) is 17.1. The highest BCUT2D eigenvalue weighted by Crippen LogP contribution is 2.35. The molecule has 1 aromatic carbocycles. The van der Waals surface area contributed by atoms with Crippen LogP contribution in [0.5, 0.6) is 0 Å². The lowest BCUT2D eigenvalue weighted by Crippen LogP contribution is -2.31. The number of benzene rings is 1. The molecule has 3 heterocycles. The minimum Gasteiger partial charge on any atom is -0.342 e. The van der Waals surface area contributed by atoms with Gasteiger partial charge in [0.25, 0.3) is 11.5 Å². The number of fused-ring (bicyclic) bond motifs is 2. The van der Waals surface area contributed by atoms with Crippen LogP contribution >= 0.6 is 0 Å². The van der Waals surface area contributed by atoms with Gasteiger partial charge in [0.15, 0.2) is 0 Å². The first-order valence-corrected chi connectivity index (χ1v) is 10.5. The molecule has 31 heavy (non-hydrogen) atoms. The van der Waals surface area contributed by atoms with Gasteiger partial charge in [0.1, 0.15) is 11.5 Å². The Morgan fingerprint density at radius 3 is 2.81 bits per heavy atom. The van der Waals surface area contributed by atoms with Gasteiger partial charge in [-0.1, -0.05) is 13.3 Å². The molecule has 9 nitrogen and oxygen atoms in total. The summed E-state index contributed by atoms with van der Waals surface area (Å²) in [4.78, 5) is 51.7. The van der Waals surface area contributed by atoms with Gasteiger partial charge >= 0.3 is 5.69 Å². The van der Waals surface area contributed by atoms with Crippen LogP contribution in [0.2, 0.25) is 0 Å². The number of aromatic amines is 2. The van der Waals surface area contributed by atoms with Crippen LogP contribution in [0.3, 0.4) is 0 Å². The van der Waals surface area contributed by atoms with Crippen molar-refractivity contribution in [2.24, 2.45) is 0 Å². The Kier molecular flexibility index (Phi) is 4.65. The summed E-state index contributed by atoms with van der Waals surface area (Å²) < 4.78 is 1.41. The van der Waals surface area contributed by atoms with Crippen molar-refractivity contribution < 1.29 is 4.79 Å². The molecule has 1 amide bonds. The van der Waals surface area contributed by atoms with Crippen molar-refractivity contribution in [1.29, 1.82) is 0 Å². The van der Waals surface area contributed by atoms with E-state index in [4.69, 9.17) is 0 Å². The first-order chi connectivity index (χ1) is 15.0. The maximum Gasteiger partial charge on any atom is 0.329 e. The van der Waals surface area contributed by atoms with Crippen molar-refractivity contribution in [3.8, 4) is 0 Å². The molecular formula is C22H22N6O3. The number of pyridine rings is 1. The van der Waals surface area contributed by atoms with Gasteiger partial charge in [-0.2, -0.15) is 0 Å². The number of hydrogen-bond acceptors (Lipinski definition) is 5. The average molecular weight is 418 g/mol. The molecule has 0 unspecified atom stereocenters. The van der Waals surface area contributed by atoms with Crippen LogP contribution in [0, 0.1) is 0 Å². The molecule has 5 rings (SSSR count). The number of carbonyl (C=O) groups is 1. The molecule has 0 saturated heterocycles. The van der Waals surface area contributed by atoms with E-state index < -0.39 is 11.2 Å². The molecule has 4 aromatic rings. The summed E-state index contributed by atoms with van der Waals surface area (Å²) in [6.45, 7) is 2.36. The summed E-state index contributed by atoms with van der Waals surface area (Å²) in [5.74, 6) is 1.11. The predicted octanol–water partition coefficient (Wildman–Crippen LogP) is 2.89. The van der Waals surface area contributed by atoms with E-state index in [2.05, 4.69) is 25.3 Å². The van der Waals surface area contributed by atoms with Crippen LogP contribution in [-0.2, 0) is 6.54 Å². The second-order valence-electron chi connectivity index (χ2n) is 7.94. The van der Waals surface area contributed by atoms with Gasteiger partial charge in [-0.25, -0.2) is 14.8 Å². The van der Waals surface area contributed by atoms with Gasteiger partial charge in [0.2, 0.25) is 0 Å². The van der Waals surface area contributed by atoms with Crippen molar-refractivity contribution in [3.63, 3.8) is 0 Å². The number of carbonyl (C=O) groups excluding carboxylic acids is 1. The molecule has 3 N–H and O–H groups in total. The fourth-order valence-electron chi connectivity index (χ4n) is 3.91. The van der Waals surface area contributed by atoms with E-state index in [1.165, 1.54) is 23.3 Å².